The third kappa shape index (κ3) is 5.75. The van der Waals surface area contributed by atoms with E-state index in [0.29, 0.717) is 5.02 Å². The number of carboxylic acids is 1. The molecule has 0 radical (unpaired) electrons. The highest BCUT2D eigenvalue weighted by Crippen LogP contribution is 2.22. The third-order valence-electron chi connectivity index (χ3n) is 3.42. The van der Waals surface area contributed by atoms with Crippen molar-refractivity contribution < 1.29 is 24.2 Å². The molecule has 0 bridgehead atoms. The smallest absolute Gasteiger partial charge is 0.408 e. The first-order valence-corrected chi connectivity index (χ1v) is 8.30. The zero-order valence-electron chi connectivity index (χ0n) is 13.4. The summed E-state index contributed by atoms with van der Waals surface area (Å²) in [4.78, 5) is 35.5. The second-order valence-electron chi connectivity index (χ2n) is 5.35. The van der Waals surface area contributed by atoms with Gasteiger partial charge in [0.15, 0.2) is 5.78 Å². The van der Waals surface area contributed by atoms with Gasteiger partial charge in [-0.05, 0) is 23.8 Å². The number of carbonyl (C=O) groups excluding carboxylic acids is 2. The number of benzene rings is 2. The minimum absolute atomic E-state index is 0.0208. The fourth-order valence-corrected chi connectivity index (χ4v) is 2.51. The number of ketones is 1. The van der Waals surface area contributed by atoms with E-state index in [4.69, 9.17) is 27.9 Å². The maximum atomic E-state index is 12.3. The molecule has 2 N–H and O–H groups in total. The number of carboxylic acid groups (broad SMARTS) is 1. The van der Waals surface area contributed by atoms with E-state index in [1.807, 2.05) is 6.07 Å². The number of amides is 1. The molecule has 1 unspecified atom stereocenters. The van der Waals surface area contributed by atoms with Crippen LogP contribution in [0, 0.1) is 0 Å². The zero-order chi connectivity index (χ0) is 19.1. The van der Waals surface area contributed by atoms with E-state index >= 15 is 0 Å². The van der Waals surface area contributed by atoms with Crippen LogP contribution in [0.5, 0.6) is 0 Å². The largest absolute Gasteiger partial charge is 0.480 e. The second kappa shape index (κ2) is 9.22. The van der Waals surface area contributed by atoms with Gasteiger partial charge in [0.2, 0.25) is 0 Å². The number of aliphatic carboxylic acids is 1. The second-order valence-corrected chi connectivity index (χ2v) is 6.19. The van der Waals surface area contributed by atoms with Crippen LogP contribution in [-0.2, 0) is 16.1 Å². The van der Waals surface area contributed by atoms with Crippen molar-refractivity contribution in [3.8, 4) is 0 Å². The molecule has 0 aromatic heterocycles. The van der Waals surface area contributed by atoms with Crippen LogP contribution in [0.25, 0.3) is 0 Å². The summed E-state index contributed by atoms with van der Waals surface area (Å²) in [5.41, 5.74) is 0.834. The van der Waals surface area contributed by atoms with Crippen molar-refractivity contribution in [2.75, 3.05) is 0 Å². The van der Waals surface area contributed by atoms with Crippen LogP contribution in [0.15, 0.2) is 48.5 Å². The van der Waals surface area contributed by atoms with Gasteiger partial charge in [0.25, 0.3) is 0 Å². The van der Waals surface area contributed by atoms with Crippen LogP contribution >= 0.6 is 23.2 Å². The summed E-state index contributed by atoms with van der Waals surface area (Å²) >= 11 is 11.8. The molecule has 0 aliphatic heterocycles. The molecular formula is C18H15Cl2NO5. The maximum Gasteiger partial charge on any atom is 0.408 e. The Morgan fingerprint density at radius 3 is 2.42 bits per heavy atom. The van der Waals surface area contributed by atoms with Crippen molar-refractivity contribution in [2.24, 2.45) is 0 Å². The van der Waals surface area contributed by atoms with Gasteiger partial charge in [0.1, 0.15) is 12.6 Å². The average molecular weight is 396 g/mol. The van der Waals surface area contributed by atoms with Crippen LogP contribution in [0.3, 0.4) is 0 Å². The Labute approximate surface area is 159 Å². The molecule has 136 valence electrons. The van der Waals surface area contributed by atoms with Gasteiger partial charge < -0.3 is 15.2 Å². The Kier molecular flexibility index (Phi) is 7.00. The highest BCUT2D eigenvalue weighted by atomic mass is 35.5. The normalized spacial score (nSPS) is 11.5. The SMILES string of the molecule is O=C(NC(CC(=O)c1cc(Cl)ccc1Cl)C(=O)O)OCc1ccccc1. The first-order chi connectivity index (χ1) is 12.4. The molecule has 0 heterocycles. The Hall–Kier alpha value is -2.57. The number of alkyl carbamates (subject to hydrolysis) is 1. The van der Waals surface area contributed by atoms with Crippen LogP contribution < -0.4 is 5.32 Å². The summed E-state index contributed by atoms with van der Waals surface area (Å²) in [5, 5.41) is 11.8. The molecule has 6 nitrogen and oxygen atoms in total. The molecule has 0 saturated heterocycles. The van der Waals surface area contributed by atoms with Gasteiger partial charge in [-0.15, -0.1) is 0 Å². The molecule has 0 spiro atoms. The van der Waals surface area contributed by atoms with Crippen molar-refractivity contribution in [1.82, 2.24) is 5.32 Å². The van der Waals surface area contributed by atoms with E-state index in [0.717, 1.165) is 5.56 Å². The van der Waals surface area contributed by atoms with Crippen LogP contribution in [0.4, 0.5) is 4.79 Å². The van der Waals surface area contributed by atoms with Crippen molar-refractivity contribution >= 4 is 41.0 Å². The fourth-order valence-electron chi connectivity index (χ4n) is 2.11. The summed E-state index contributed by atoms with van der Waals surface area (Å²) in [6, 6.07) is 11.7. The topological polar surface area (TPSA) is 92.7 Å². The minimum atomic E-state index is -1.46. The number of Topliss-reactive ketones (excluding diaryl/α,β-unsaturated/α-hetero) is 1. The average Bonchev–Trinajstić information content (AvgIpc) is 2.62. The number of carbonyl (C=O) groups is 3. The molecule has 0 fully saturated rings. The highest BCUT2D eigenvalue weighted by molar-refractivity contribution is 6.36. The van der Waals surface area contributed by atoms with Gasteiger partial charge in [-0.25, -0.2) is 9.59 Å². The first-order valence-electron chi connectivity index (χ1n) is 7.55. The Bertz CT molecular complexity index is 810. The van der Waals surface area contributed by atoms with Gasteiger partial charge >= 0.3 is 12.1 Å². The standard InChI is InChI=1S/C18H15Cl2NO5/c19-12-6-7-14(20)13(8-12)16(22)9-15(17(23)24)21-18(25)26-10-11-4-2-1-3-5-11/h1-8,15H,9-10H2,(H,21,25)(H,23,24). The molecule has 2 rings (SSSR count). The van der Waals surface area contributed by atoms with Crippen molar-refractivity contribution in [3.63, 3.8) is 0 Å². The van der Waals surface area contributed by atoms with E-state index in [-0.39, 0.29) is 17.2 Å². The summed E-state index contributed by atoms with van der Waals surface area (Å²) in [6.45, 7) is -0.0208. The summed E-state index contributed by atoms with van der Waals surface area (Å²) in [7, 11) is 0. The predicted molar refractivity (Wildman–Crippen MR) is 96.6 cm³/mol. The Morgan fingerprint density at radius 1 is 1.08 bits per heavy atom. The molecule has 0 aliphatic carbocycles. The summed E-state index contributed by atoms with van der Waals surface area (Å²) < 4.78 is 4.97. The quantitative estimate of drug-likeness (QED) is 0.692. The van der Waals surface area contributed by atoms with E-state index in [9.17, 15) is 19.5 Å². The number of halogens is 2. The number of hydrogen-bond donors (Lipinski definition) is 2. The number of ether oxygens (including phenoxy) is 1. The van der Waals surface area contributed by atoms with E-state index in [1.54, 1.807) is 24.3 Å². The molecule has 1 amide bonds. The highest BCUT2D eigenvalue weighted by Gasteiger charge is 2.25. The molecule has 8 heteroatoms. The Morgan fingerprint density at radius 2 is 1.77 bits per heavy atom. The molecule has 1 atom stereocenters. The molecule has 2 aromatic carbocycles. The van der Waals surface area contributed by atoms with Crippen molar-refractivity contribution in [3.05, 3.63) is 69.7 Å². The molecular weight excluding hydrogens is 381 g/mol. The van der Waals surface area contributed by atoms with Gasteiger partial charge in [0, 0.05) is 17.0 Å². The number of rotatable bonds is 7. The lowest BCUT2D eigenvalue weighted by atomic mass is 10.0. The molecule has 2 aromatic rings. The van der Waals surface area contributed by atoms with Crippen LogP contribution in [0.1, 0.15) is 22.3 Å². The Balaban J connectivity index is 1.97. The van der Waals surface area contributed by atoms with Crippen molar-refractivity contribution in [1.29, 1.82) is 0 Å². The maximum absolute atomic E-state index is 12.3. The van der Waals surface area contributed by atoms with Gasteiger partial charge in [0.05, 0.1) is 5.02 Å². The number of hydrogen-bond acceptors (Lipinski definition) is 4. The third-order valence-corrected chi connectivity index (χ3v) is 3.99. The first kappa shape index (κ1) is 19.8. The van der Waals surface area contributed by atoms with Gasteiger partial charge in [-0.2, -0.15) is 0 Å². The van der Waals surface area contributed by atoms with Gasteiger partial charge in [-0.3, -0.25) is 4.79 Å². The minimum Gasteiger partial charge on any atom is -0.480 e. The van der Waals surface area contributed by atoms with E-state index < -0.39 is 30.3 Å². The molecule has 26 heavy (non-hydrogen) atoms. The number of nitrogens with one attached hydrogen (secondary N) is 1. The zero-order valence-corrected chi connectivity index (χ0v) is 15.0. The molecule has 0 saturated carbocycles. The van der Waals surface area contributed by atoms with Gasteiger partial charge in [-0.1, -0.05) is 53.5 Å². The summed E-state index contributed by atoms with van der Waals surface area (Å²) in [6.07, 6.45) is -1.43. The lowest BCUT2D eigenvalue weighted by Crippen LogP contribution is -2.42. The van der Waals surface area contributed by atoms with Crippen LogP contribution in [-0.4, -0.2) is 29.0 Å². The lowest BCUT2D eigenvalue weighted by molar-refractivity contribution is -0.139. The monoisotopic (exact) mass is 395 g/mol. The fraction of sp³-hybridized carbons (Fsp3) is 0.167. The predicted octanol–water partition coefficient (Wildman–Crippen LogP) is 3.95. The molecule has 0 aliphatic rings. The summed E-state index contributed by atoms with van der Waals surface area (Å²) in [5.74, 6) is -1.93. The van der Waals surface area contributed by atoms with Crippen molar-refractivity contribution in [2.45, 2.75) is 19.1 Å². The van der Waals surface area contributed by atoms with E-state index in [2.05, 4.69) is 5.32 Å². The van der Waals surface area contributed by atoms with Crippen LogP contribution in [0.2, 0.25) is 10.0 Å². The lowest BCUT2D eigenvalue weighted by Gasteiger charge is -2.14. The van der Waals surface area contributed by atoms with E-state index in [1.165, 1.54) is 18.2 Å².